The summed E-state index contributed by atoms with van der Waals surface area (Å²) in [4.78, 5) is 12.3. The molecule has 0 aliphatic carbocycles. The topological polar surface area (TPSA) is 64.3 Å². The number of hydrogen-bond donors (Lipinski definition) is 2. The number of hydrogen-bond acceptors (Lipinski definition) is 3. The van der Waals surface area contributed by atoms with Crippen LogP contribution in [0.4, 0.5) is 11.4 Å². The molecule has 0 saturated heterocycles. The van der Waals surface area contributed by atoms with Crippen molar-refractivity contribution in [2.75, 3.05) is 18.2 Å². The molecule has 0 aliphatic rings. The van der Waals surface area contributed by atoms with E-state index in [9.17, 15) is 4.79 Å². The van der Waals surface area contributed by atoms with Gasteiger partial charge in [0.1, 0.15) is 5.75 Å². The maximum absolute atomic E-state index is 12.3. The molecule has 3 N–H and O–H groups in total. The fraction of sp³-hybridized carbons (Fsp3) is 0.133. The second-order valence-corrected chi connectivity index (χ2v) is 5.14. The Kier molecular flexibility index (Phi) is 4.29. The van der Waals surface area contributed by atoms with E-state index in [4.69, 9.17) is 10.5 Å². The minimum absolute atomic E-state index is 0.188. The Balaban J connectivity index is 2.26. The maximum Gasteiger partial charge on any atom is 0.256 e. The van der Waals surface area contributed by atoms with E-state index in [-0.39, 0.29) is 5.91 Å². The number of carbonyl (C=O) groups is 1. The van der Waals surface area contributed by atoms with Gasteiger partial charge in [-0.3, -0.25) is 4.79 Å². The molecule has 2 aromatic carbocycles. The summed E-state index contributed by atoms with van der Waals surface area (Å²) < 4.78 is 5.92. The molecule has 2 aromatic rings. The minimum atomic E-state index is -0.188. The van der Waals surface area contributed by atoms with Crippen LogP contribution in [-0.2, 0) is 0 Å². The zero-order chi connectivity index (χ0) is 14.7. The highest BCUT2D eigenvalue weighted by molar-refractivity contribution is 9.10. The summed E-state index contributed by atoms with van der Waals surface area (Å²) >= 11 is 3.43. The molecule has 1 amide bonds. The number of anilines is 2. The number of amides is 1. The van der Waals surface area contributed by atoms with Crippen molar-refractivity contribution in [3.8, 4) is 5.75 Å². The SMILES string of the molecule is COc1cc(NC(=O)c2cccc(C)c2Br)ccc1N. The van der Waals surface area contributed by atoms with Crippen LogP contribution in [0.1, 0.15) is 15.9 Å². The number of carbonyl (C=O) groups excluding carboxylic acids is 1. The van der Waals surface area contributed by atoms with E-state index in [1.807, 2.05) is 19.1 Å². The number of methoxy groups -OCH3 is 1. The second kappa shape index (κ2) is 5.96. The number of nitrogen functional groups attached to an aromatic ring is 1. The lowest BCUT2D eigenvalue weighted by atomic mass is 10.1. The molecule has 0 unspecified atom stereocenters. The van der Waals surface area contributed by atoms with Gasteiger partial charge in [-0.2, -0.15) is 0 Å². The Labute approximate surface area is 126 Å². The van der Waals surface area contributed by atoms with Gasteiger partial charge in [0.2, 0.25) is 0 Å². The normalized spacial score (nSPS) is 10.2. The molecule has 0 spiro atoms. The van der Waals surface area contributed by atoms with Crippen molar-refractivity contribution in [1.82, 2.24) is 0 Å². The molecule has 2 rings (SSSR count). The van der Waals surface area contributed by atoms with Gasteiger partial charge in [0.15, 0.2) is 0 Å². The standard InChI is InChI=1S/C15H15BrN2O2/c1-9-4-3-5-11(14(9)16)15(19)18-10-6-7-12(17)13(8-10)20-2/h3-8H,17H2,1-2H3,(H,18,19). The first kappa shape index (κ1) is 14.4. The molecule has 0 bridgehead atoms. The van der Waals surface area contributed by atoms with E-state index in [1.165, 1.54) is 7.11 Å². The van der Waals surface area contributed by atoms with Crippen LogP contribution < -0.4 is 15.8 Å². The third-order valence-corrected chi connectivity index (χ3v) is 3.98. The summed E-state index contributed by atoms with van der Waals surface area (Å²) in [5.74, 6) is 0.346. The Morgan fingerprint density at radius 1 is 1.30 bits per heavy atom. The first-order chi connectivity index (χ1) is 9.52. The van der Waals surface area contributed by atoms with Gasteiger partial charge in [0.05, 0.1) is 18.4 Å². The van der Waals surface area contributed by atoms with Crippen LogP contribution in [0.25, 0.3) is 0 Å². The highest BCUT2D eigenvalue weighted by Gasteiger charge is 2.12. The largest absolute Gasteiger partial charge is 0.495 e. The number of benzene rings is 2. The van der Waals surface area contributed by atoms with E-state index in [1.54, 1.807) is 24.3 Å². The van der Waals surface area contributed by atoms with Crippen LogP contribution in [0.5, 0.6) is 5.75 Å². The van der Waals surface area contributed by atoms with E-state index in [0.29, 0.717) is 22.7 Å². The van der Waals surface area contributed by atoms with Crippen molar-refractivity contribution in [2.24, 2.45) is 0 Å². The molecular formula is C15H15BrN2O2. The summed E-state index contributed by atoms with van der Waals surface area (Å²) in [6, 6.07) is 10.7. The summed E-state index contributed by atoms with van der Waals surface area (Å²) in [6.45, 7) is 1.94. The third kappa shape index (κ3) is 2.93. The van der Waals surface area contributed by atoms with Crippen molar-refractivity contribution in [3.63, 3.8) is 0 Å². The molecule has 104 valence electrons. The van der Waals surface area contributed by atoms with Crippen molar-refractivity contribution < 1.29 is 9.53 Å². The highest BCUT2D eigenvalue weighted by Crippen LogP contribution is 2.26. The van der Waals surface area contributed by atoms with Gasteiger partial charge in [-0.15, -0.1) is 0 Å². The first-order valence-corrected chi connectivity index (χ1v) is 6.82. The van der Waals surface area contributed by atoms with Crippen LogP contribution >= 0.6 is 15.9 Å². The number of nitrogens with one attached hydrogen (secondary N) is 1. The van der Waals surface area contributed by atoms with E-state index in [0.717, 1.165) is 10.0 Å². The van der Waals surface area contributed by atoms with Gasteiger partial charge in [-0.25, -0.2) is 0 Å². The number of ether oxygens (including phenoxy) is 1. The molecular weight excluding hydrogens is 320 g/mol. The average molecular weight is 335 g/mol. The van der Waals surface area contributed by atoms with Crippen molar-refractivity contribution in [1.29, 1.82) is 0 Å². The highest BCUT2D eigenvalue weighted by atomic mass is 79.9. The van der Waals surface area contributed by atoms with Gasteiger partial charge >= 0.3 is 0 Å². The predicted octanol–water partition coefficient (Wildman–Crippen LogP) is 3.60. The Morgan fingerprint density at radius 2 is 2.05 bits per heavy atom. The molecule has 5 heteroatoms. The van der Waals surface area contributed by atoms with Gasteiger partial charge in [0.25, 0.3) is 5.91 Å². The minimum Gasteiger partial charge on any atom is -0.495 e. The smallest absolute Gasteiger partial charge is 0.256 e. The Morgan fingerprint density at radius 3 is 2.75 bits per heavy atom. The van der Waals surface area contributed by atoms with E-state index >= 15 is 0 Å². The summed E-state index contributed by atoms with van der Waals surface area (Å²) in [5, 5.41) is 2.82. The van der Waals surface area contributed by atoms with E-state index in [2.05, 4.69) is 21.2 Å². The van der Waals surface area contributed by atoms with Crippen LogP contribution in [0.3, 0.4) is 0 Å². The average Bonchev–Trinajstić information content (AvgIpc) is 2.43. The monoisotopic (exact) mass is 334 g/mol. The van der Waals surface area contributed by atoms with Gasteiger partial charge in [-0.05, 0) is 46.6 Å². The van der Waals surface area contributed by atoms with E-state index < -0.39 is 0 Å². The lowest BCUT2D eigenvalue weighted by molar-refractivity contribution is 0.102. The summed E-state index contributed by atoms with van der Waals surface area (Å²) in [5.41, 5.74) is 8.50. The lowest BCUT2D eigenvalue weighted by Gasteiger charge is -2.10. The summed E-state index contributed by atoms with van der Waals surface area (Å²) in [6.07, 6.45) is 0. The molecule has 4 nitrogen and oxygen atoms in total. The molecule has 0 radical (unpaired) electrons. The van der Waals surface area contributed by atoms with Gasteiger partial charge in [0, 0.05) is 16.2 Å². The lowest BCUT2D eigenvalue weighted by Crippen LogP contribution is -2.13. The number of halogens is 1. The zero-order valence-corrected chi connectivity index (χ0v) is 12.8. The van der Waals surface area contributed by atoms with Crippen molar-refractivity contribution >= 4 is 33.2 Å². The number of rotatable bonds is 3. The molecule has 0 aromatic heterocycles. The van der Waals surface area contributed by atoms with Crippen molar-refractivity contribution in [2.45, 2.75) is 6.92 Å². The predicted molar refractivity (Wildman–Crippen MR) is 84.2 cm³/mol. The maximum atomic E-state index is 12.3. The quantitative estimate of drug-likeness (QED) is 0.843. The number of aryl methyl sites for hydroxylation is 1. The molecule has 0 saturated carbocycles. The second-order valence-electron chi connectivity index (χ2n) is 4.35. The first-order valence-electron chi connectivity index (χ1n) is 6.03. The summed E-state index contributed by atoms with van der Waals surface area (Å²) in [7, 11) is 1.54. The zero-order valence-electron chi connectivity index (χ0n) is 11.2. The molecule has 20 heavy (non-hydrogen) atoms. The Hall–Kier alpha value is -2.01. The van der Waals surface area contributed by atoms with Crippen molar-refractivity contribution in [3.05, 3.63) is 52.0 Å². The number of nitrogens with two attached hydrogens (primary N) is 1. The van der Waals surface area contributed by atoms with Gasteiger partial charge in [-0.1, -0.05) is 12.1 Å². The third-order valence-electron chi connectivity index (χ3n) is 2.93. The molecule has 0 fully saturated rings. The van der Waals surface area contributed by atoms with Crippen LogP contribution in [0.2, 0.25) is 0 Å². The fourth-order valence-corrected chi connectivity index (χ4v) is 2.25. The fourth-order valence-electron chi connectivity index (χ4n) is 1.81. The molecule has 0 aliphatic heterocycles. The Bertz CT molecular complexity index is 656. The van der Waals surface area contributed by atoms with Crippen LogP contribution in [0, 0.1) is 6.92 Å². The van der Waals surface area contributed by atoms with Crippen LogP contribution in [-0.4, -0.2) is 13.0 Å². The van der Waals surface area contributed by atoms with Crippen LogP contribution in [0.15, 0.2) is 40.9 Å². The van der Waals surface area contributed by atoms with Gasteiger partial charge < -0.3 is 15.8 Å². The molecule has 0 atom stereocenters. The molecule has 0 heterocycles.